The highest BCUT2D eigenvalue weighted by molar-refractivity contribution is 8.01. The van der Waals surface area contributed by atoms with Crippen LogP contribution >= 0.6 is 23.1 Å². The lowest BCUT2D eigenvalue weighted by Crippen LogP contribution is -2.17. The van der Waals surface area contributed by atoms with Crippen LogP contribution in [-0.2, 0) is 11.2 Å². The van der Waals surface area contributed by atoms with Gasteiger partial charge in [-0.1, -0.05) is 53.4 Å². The van der Waals surface area contributed by atoms with Crippen LogP contribution in [0.5, 0.6) is 0 Å². The Kier molecular flexibility index (Phi) is 5.37. The number of nitrogens with one attached hydrogen (secondary N) is 1. The van der Waals surface area contributed by atoms with Crippen molar-refractivity contribution in [2.45, 2.75) is 23.7 Å². The van der Waals surface area contributed by atoms with E-state index in [9.17, 15) is 4.79 Å². The molecule has 2 rings (SSSR count). The van der Waals surface area contributed by atoms with Gasteiger partial charge in [0.25, 0.3) is 0 Å². The van der Waals surface area contributed by atoms with Crippen molar-refractivity contribution in [3.63, 3.8) is 0 Å². The van der Waals surface area contributed by atoms with Gasteiger partial charge in [0.15, 0.2) is 4.34 Å². The maximum Gasteiger partial charge on any atom is 0.313 e. The van der Waals surface area contributed by atoms with E-state index in [4.69, 9.17) is 5.11 Å². The van der Waals surface area contributed by atoms with Crippen LogP contribution in [0.2, 0.25) is 0 Å². The first kappa shape index (κ1) is 14.8. The van der Waals surface area contributed by atoms with Crippen molar-refractivity contribution in [2.75, 3.05) is 11.1 Å². The molecule has 5 nitrogen and oxygen atoms in total. The quantitative estimate of drug-likeness (QED) is 0.766. The zero-order chi connectivity index (χ0) is 14.4. The SMILES string of the molecule is CC(Cc1ccccc1)Nc1nnc(SCC(=O)O)s1. The number of carboxylic acid groups (broad SMARTS) is 1. The smallest absolute Gasteiger partial charge is 0.313 e. The van der Waals surface area contributed by atoms with Crippen LogP contribution < -0.4 is 5.32 Å². The van der Waals surface area contributed by atoms with E-state index in [-0.39, 0.29) is 11.8 Å². The molecule has 0 aliphatic carbocycles. The van der Waals surface area contributed by atoms with Gasteiger partial charge in [0.05, 0.1) is 5.75 Å². The molecule has 2 N–H and O–H groups in total. The molecule has 0 saturated carbocycles. The summed E-state index contributed by atoms with van der Waals surface area (Å²) in [5, 5.41) is 20.6. The fourth-order valence-corrected chi connectivity index (χ4v) is 3.26. The summed E-state index contributed by atoms with van der Waals surface area (Å²) < 4.78 is 0.668. The monoisotopic (exact) mass is 309 g/mol. The highest BCUT2D eigenvalue weighted by Gasteiger charge is 2.09. The zero-order valence-electron chi connectivity index (χ0n) is 10.9. The van der Waals surface area contributed by atoms with Crippen molar-refractivity contribution < 1.29 is 9.90 Å². The fraction of sp³-hybridized carbons (Fsp3) is 0.308. The average Bonchev–Trinajstić information content (AvgIpc) is 2.85. The van der Waals surface area contributed by atoms with Crippen molar-refractivity contribution in [3.05, 3.63) is 35.9 Å². The Labute approximate surface area is 125 Å². The first-order valence-corrected chi connectivity index (χ1v) is 7.92. The predicted molar refractivity (Wildman–Crippen MR) is 81.5 cm³/mol. The Bertz CT molecular complexity index is 560. The lowest BCUT2D eigenvalue weighted by Gasteiger charge is -2.12. The van der Waals surface area contributed by atoms with Gasteiger partial charge in [-0.05, 0) is 18.9 Å². The summed E-state index contributed by atoms with van der Waals surface area (Å²) in [6, 6.07) is 10.5. The highest BCUT2D eigenvalue weighted by atomic mass is 32.2. The van der Waals surface area contributed by atoms with Crippen molar-refractivity contribution in [3.8, 4) is 0 Å². The van der Waals surface area contributed by atoms with Crippen LogP contribution in [0.25, 0.3) is 0 Å². The topological polar surface area (TPSA) is 75.1 Å². The van der Waals surface area contributed by atoms with Gasteiger partial charge in [-0.15, -0.1) is 10.2 Å². The van der Waals surface area contributed by atoms with Crippen molar-refractivity contribution in [1.29, 1.82) is 0 Å². The third kappa shape index (κ3) is 4.82. The number of hydrogen-bond donors (Lipinski definition) is 2. The van der Waals surface area contributed by atoms with Crippen LogP contribution in [0.1, 0.15) is 12.5 Å². The van der Waals surface area contributed by atoms with Crippen LogP contribution in [0, 0.1) is 0 Å². The molecule has 106 valence electrons. The number of anilines is 1. The number of aliphatic carboxylic acids is 1. The highest BCUT2D eigenvalue weighted by Crippen LogP contribution is 2.25. The molecule has 0 saturated heterocycles. The van der Waals surface area contributed by atoms with E-state index in [1.165, 1.54) is 28.7 Å². The number of carbonyl (C=O) groups is 1. The summed E-state index contributed by atoms with van der Waals surface area (Å²) >= 11 is 2.57. The fourth-order valence-electron chi connectivity index (χ4n) is 1.68. The molecule has 20 heavy (non-hydrogen) atoms. The molecule has 1 aromatic carbocycles. The normalized spacial score (nSPS) is 12.1. The minimum atomic E-state index is -0.850. The molecule has 0 aliphatic rings. The van der Waals surface area contributed by atoms with Gasteiger partial charge in [-0.3, -0.25) is 4.79 Å². The van der Waals surface area contributed by atoms with Gasteiger partial charge in [0.1, 0.15) is 0 Å². The lowest BCUT2D eigenvalue weighted by molar-refractivity contribution is -0.133. The van der Waals surface area contributed by atoms with E-state index in [0.29, 0.717) is 4.34 Å². The molecular formula is C13H15N3O2S2. The summed E-state index contributed by atoms with van der Waals surface area (Å²) in [6.45, 7) is 2.08. The minimum Gasteiger partial charge on any atom is -0.481 e. The van der Waals surface area contributed by atoms with E-state index in [2.05, 4.69) is 34.6 Å². The number of nitrogens with zero attached hydrogens (tertiary/aromatic N) is 2. The summed E-state index contributed by atoms with van der Waals surface area (Å²) in [6.07, 6.45) is 0.901. The molecule has 1 unspecified atom stereocenters. The van der Waals surface area contributed by atoms with E-state index in [1.807, 2.05) is 18.2 Å². The molecule has 0 spiro atoms. The third-order valence-electron chi connectivity index (χ3n) is 2.48. The predicted octanol–water partition coefficient (Wildman–Crippen LogP) is 2.76. The second-order valence-electron chi connectivity index (χ2n) is 4.29. The lowest BCUT2D eigenvalue weighted by atomic mass is 10.1. The van der Waals surface area contributed by atoms with Gasteiger partial charge in [0.2, 0.25) is 5.13 Å². The summed E-state index contributed by atoms with van der Waals surface area (Å²) in [4.78, 5) is 10.5. The second-order valence-corrected chi connectivity index (χ2v) is 6.49. The molecule has 0 radical (unpaired) electrons. The number of aromatic nitrogens is 2. The molecule has 0 bridgehead atoms. The zero-order valence-corrected chi connectivity index (χ0v) is 12.6. The third-order valence-corrected chi connectivity index (χ3v) is 4.45. The van der Waals surface area contributed by atoms with Gasteiger partial charge in [-0.25, -0.2) is 0 Å². The van der Waals surface area contributed by atoms with Crippen LogP contribution in [0.3, 0.4) is 0 Å². The number of thioether (sulfide) groups is 1. The molecule has 0 aliphatic heterocycles. The van der Waals surface area contributed by atoms with Gasteiger partial charge in [0, 0.05) is 6.04 Å². The van der Waals surface area contributed by atoms with Crippen molar-refractivity contribution >= 4 is 34.2 Å². The van der Waals surface area contributed by atoms with E-state index in [0.717, 1.165) is 11.6 Å². The maximum atomic E-state index is 10.5. The molecule has 7 heteroatoms. The Balaban J connectivity index is 1.85. The first-order chi connectivity index (χ1) is 9.63. The molecule has 0 fully saturated rings. The largest absolute Gasteiger partial charge is 0.481 e. The summed E-state index contributed by atoms with van der Waals surface area (Å²) in [5.41, 5.74) is 1.26. The molecular weight excluding hydrogens is 294 g/mol. The number of benzene rings is 1. The van der Waals surface area contributed by atoms with Crippen molar-refractivity contribution in [2.24, 2.45) is 0 Å². The maximum absolute atomic E-state index is 10.5. The van der Waals surface area contributed by atoms with Gasteiger partial charge in [-0.2, -0.15) is 0 Å². The van der Waals surface area contributed by atoms with Crippen LogP contribution in [-0.4, -0.2) is 33.1 Å². The molecule has 1 atom stereocenters. The minimum absolute atomic E-state index is 0.00814. The average molecular weight is 309 g/mol. The van der Waals surface area contributed by atoms with Crippen LogP contribution in [0.4, 0.5) is 5.13 Å². The standard InChI is InChI=1S/C13H15N3O2S2/c1-9(7-10-5-3-2-4-6-10)14-12-15-16-13(20-12)19-8-11(17)18/h2-6,9H,7-8H2,1H3,(H,14,15)(H,17,18). The van der Waals surface area contributed by atoms with Gasteiger partial charge < -0.3 is 10.4 Å². The van der Waals surface area contributed by atoms with Gasteiger partial charge >= 0.3 is 5.97 Å². The molecule has 1 aromatic heterocycles. The van der Waals surface area contributed by atoms with E-state index < -0.39 is 5.97 Å². The van der Waals surface area contributed by atoms with Crippen LogP contribution in [0.15, 0.2) is 34.7 Å². The number of carboxylic acids is 1. The second kappa shape index (κ2) is 7.25. The Morgan fingerprint density at radius 2 is 2.15 bits per heavy atom. The first-order valence-electron chi connectivity index (χ1n) is 6.12. The summed E-state index contributed by atoms with van der Waals surface area (Å²) in [5.74, 6) is -0.842. The molecule has 1 heterocycles. The molecule has 2 aromatic rings. The Hall–Kier alpha value is -1.60. The number of hydrogen-bond acceptors (Lipinski definition) is 6. The van der Waals surface area contributed by atoms with Crippen molar-refractivity contribution in [1.82, 2.24) is 10.2 Å². The molecule has 0 amide bonds. The Morgan fingerprint density at radius 1 is 1.40 bits per heavy atom. The van der Waals surface area contributed by atoms with E-state index in [1.54, 1.807) is 0 Å². The number of rotatable bonds is 7. The summed E-state index contributed by atoms with van der Waals surface area (Å²) in [7, 11) is 0. The Morgan fingerprint density at radius 3 is 2.85 bits per heavy atom. The van der Waals surface area contributed by atoms with E-state index >= 15 is 0 Å².